The summed E-state index contributed by atoms with van der Waals surface area (Å²) >= 11 is 3.26. The van der Waals surface area contributed by atoms with Gasteiger partial charge in [-0.3, -0.25) is 0 Å². The number of rotatable bonds is 3. The lowest BCUT2D eigenvalue weighted by atomic mass is 10.2. The molecule has 0 spiro atoms. The van der Waals surface area contributed by atoms with Crippen LogP contribution in [0.3, 0.4) is 0 Å². The number of ether oxygens (including phenoxy) is 2. The van der Waals surface area contributed by atoms with Gasteiger partial charge in [0.15, 0.2) is 0 Å². The maximum Gasteiger partial charge on any atom is 0.341 e. The number of pyridine rings is 1. The Bertz CT molecular complexity index is 617. The second-order valence-corrected chi connectivity index (χ2v) is 4.48. The van der Waals surface area contributed by atoms with Crippen molar-refractivity contribution in [2.24, 2.45) is 0 Å². The smallest absolute Gasteiger partial charge is 0.341 e. The van der Waals surface area contributed by atoms with Crippen LogP contribution in [0.4, 0.5) is 5.82 Å². The summed E-state index contributed by atoms with van der Waals surface area (Å²) in [6.07, 6.45) is 1.48. The minimum atomic E-state index is -0.460. The highest BCUT2D eigenvalue weighted by Crippen LogP contribution is 2.28. The van der Waals surface area contributed by atoms with Gasteiger partial charge in [-0.15, -0.1) is 0 Å². The highest BCUT2D eigenvalue weighted by atomic mass is 79.9. The van der Waals surface area contributed by atoms with Crippen LogP contribution in [0.5, 0.6) is 11.5 Å². The minimum absolute atomic E-state index is 0.345. The monoisotopic (exact) mass is 322 g/mol. The van der Waals surface area contributed by atoms with E-state index in [1.165, 1.54) is 13.3 Å². The number of nitrogen functional groups attached to an aromatic ring is 1. The largest absolute Gasteiger partial charge is 0.465 e. The highest BCUT2D eigenvalue weighted by molar-refractivity contribution is 9.10. The molecule has 0 unspecified atom stereocenters. The summed E-state index contributed by atoms with van der Waals surface area (Å²) in [5, 5.41) is 0. The van der Waals surface area contributed by atoms with Crippen molar-refractivity contribution in [3.8, 4) is 11.5 Å². The molecule has 2 rings (SSSR count). The van der Waals surface area contributed by atoms with Crippen LogP contribution in [0.2, 0.25) is 0 Å². The van der Waals surface area contributed by atoms with Crippen LogP contribution >= 0.6 is 15.9 Å². The van der Waals surface area contributed by atoms with Gasteiger partial charge in [-0.1, -0.05) is 12.1 Å². The first-order valence-electron chi connectivity index (χ1n) is 5.38. The number of nitrogens with zero attached hydrogens (tertiary/aromatic N) is 1. The Kier molecular flexibility index (Phi) is 4.01. The van der Waals surface area contributed by atoms with Crippen molar-refractivity contribution < 1.29 is 14.3 Å². The van der Waals surface area contributed by atoms with Crippen LogP contribution in [0.25, 0.3) is 0 Å². The maximum absolute atomic E-state index is 11.6. The fourth-order valence-electron chi connectivity index (χ4n) is 1.45. The van der Waals surface area contributed by atoms with Crippen LogP contribution in [0.15, 0.2) is 41.0 Å². The third-order valence-electron chi connectivity index (χ3n) is 2.36. The normalized spacial score (nSPS) is 10.0. The molecule has 1 aromatic heterocycles. The van der Waals surface area contributed by atoms with Crippen molar-refractivity contribution in [1.29, 1.82) is 0 Å². The van der Waals surface area contributed by atoms with Gasteiger partial charge in [-0.05, 0) is 28.1 Å². The molecular formula is C13H11BrN2O3. The number of benzene rings is 1. The number of anilines is 1. The van der Waals surface area contributed by atoms with Gasteiger partial charge >= 0.3 is 5.97 Å². The molecule has 6 heteroatoms. The van der Waals surface area contributed by atoms with Gasteiger partial charge in [0.05, 0.1) is 17.8 Å². The number of nitrogens with two attached hydrogens (primary N) is 1. The third-order valence-corrected chi connectivity index (χ3v) is 3.00. The predicted molar refractivity (Wildman–Crippen MR) is 74.2 cm³/mol. The SMILES string of the molecule is COC(=O)c1ccccc1Oc1cnc(N)c(Br)c1. The van der Waals surface area contributed by atoms with Crippen LogP contribution < -0.4 is 10.5 Å². The van der Waals surface area contributed by atoms with E-state index < -0.39 is 5.97 Å². The number of hydrogen-bond acceptors (Lipinski definition) is 5. The fourth-order valence-corrected chi connectivity index (χ4v) is 1.78. The summed E-state index contributed by atoms with van der Waals surface area (Å²) in [4.78, 5) is 15.6. The van der Waals surface area contributed by atoms with E-state index in [1.807, 2.05) is 0 Å². The van der Waals surface area contributed by atoms with E-state index >= 15 is 0 Å². The Balaban J connectivity index is 2.32. The Hall–Kier alpha value is -2.08. The van der Waals surface area contributed by atoms with Gasteiger partial charge in [0, 0.05) is 6.07 Å². The summed E-state index contributed by atoms with van der Waals surface area (Å²) in [7, 11) is 1.32. The molecule has 0 atom stereocenters. The Morgan fingerprint density at radius 2 is 2.11 bits per heavy atom. The molecule has 5 nitrogen and oxygen atoms in total. The predicted octanol–water partition coefficient (Wildman–Crippen LogP) is 3.01. The van der Waals surface area contributed by atoms with Gasteiger partial charge in [0.25, 0.3) is 0 Å². The molecule has 19 heavy (non-hydrogen) atoms. The molecule has 0 amide bonds. The first-order valence-corrected chi connectivity index (χ1v) is 6.17. The molecule has 1 aromatic carbocycles. The summed E-state index contributed by atoms with van der Waals surface area (Å²) in [5.74, 6) is 0.775. The lowest BCUT2D eigenvalue weighted by molar-refractivity contribution is 0.0598. The van der Waals surface area contributed by atoms with Gasteiger partial charge in [0.2, 0.25) is 0 Å². The number of hydrogen-bond donors (Lipinski definition) is 1. The van der Waals surface area contributed by atoms with E-state index in [1.54, 1.807) is 30.3 Å². The summed E-state index contributed by atoms with van der Waals surface area (Å²) in [5.41, 5.74) is 5.94. The lowest BCUT2D eigenvalue weighted by Crippen LogP contribution is -2.03. The fraction of sp³-hybridized carbons (Fsp3) is 0.0769. The summed E-state index contributed by atoms with van der Waals surface area (Å²) in [6, 6.07) is 8.48. The molecule has 2 aromatic rings. The summed E-state index contributed by atoms with van der Waals surface area (Å²) in [6.45, 7) is 0. The van der Waals surface area contributed by atoms with Crippen LogP contribution in [-0.2, 0) is 4.74 Å². The average Bonchev–Trinajstić information content (AvgIpc) is 2.43. The summed E-state index contributed by atoms with van der Waals surface area (Å²) < 4.78 is 10.9. The number of carbonyl (C=O) groups is 1. The molecule has 0 fully saturated rings. The number of para-hydroxylation sites is 1. The zero-order valence-corrected chi connectivity index (χ0v) is 11.7. The number of halogens is 1. The Morgan fingerprint density at radius 1 is 1.37 bits per heavy atom. The van der Waals surface area contributed by atoms with Crippen molar-refractivity contribution in [3.05, 3.63) is 46.6 Å². The second kappa shape index (κ2) is 5.71. The lowest BCUT2D eigenvalue weighted by Gasteiger charge is -2.10. The molecule has 0 radical (unpaired) electrons. The average molecular weight is 323 g/mol. The minimum Gasteiger partial charge on any atom is -0.465 e. The number of esters is 1. The molecule has 2 N–H and O–H groups in total. The molecular weight excluding hydrogens is 312 g/mol. The maximum atomic E-state index is 11.6. The molecule has 98 valence electrons. The van der Waals surface area contributed by atoms with E-state index in [2.05, 4.69) is 20.9 Å². The van der Waals surface area contributed by atoms with Gasteiger partial charge in [0.1, 0.15) is 22.9 Å². The highest BCUT2D eigenvalue weighted by Gasteiger charge is 2.13. The van der Waals surface area contributed by atoms with Crippen molar-refractivity contribution in [2.45, 2.75) is 0 Å². The van der Waals surface area contributed by atoms with E-state index in [4.69, 9.17) is 15.2 Å². The van der Waals surface area contributed by atoms with Crippen LogP contribution in [-0.4, -0.2) is 18.1 Å². The third kappa shape index (κ3) is 3.03. The first-order chi connectivity index (χ1) is 9.11. The molecule has 1 heterocycles. The van der Waals surface area contributed by atoms with Crippen LogP contribution in [0, 0.1) is 0 Å². The van der Waals surface area contributed by atoms with E-state index in [0.717, 1.165) is 0 Å². The first kappa shape index (κ1) is 13.4. The van der Waals surface area contributed by atoms with Crippen LogP contribution in [0.1, 0.15) is 10.4 Å². The van der Waals surface area contributed by atoms with Gasteiger partial charge < -0.3 is 15.2 Å². The van der Waals surface area contributed by atoms with Crippen molar-refractivity contribution in [3.63, 3.8) is 0 Å². The van der Waals surface area contributed by atoms with Crippen molar-refractivity contribution in [1.82, 2.24) is 4.98 Å². The van der Waals surface area contributed by atoms with Gasteiger partial charge in [-0.25, -0.2) is 9.78 Å². The Labute approximate surface area is 118 Å². The Morgan fingerprint density at radius 3 is 2.79 bits per heavy atom. The molecule has 0 saturated heterocycles. The van der Waals surface area contributed by atoms with Gasteiger partial charge in [-0.2, -0.15) is 0 Å². The molecule has 0 saturated carbocycles. The van der Waals surface area contributed by atoms with E-state index in [-0.39, 0.29) is 0 Å². The van der Waals surface area contributed by atoms with Crippen molar-refractivity contribution in [2.75, 3.05) is 12.8 Å². The number of methoxy groups -OCH3 is 1. The number of aromatic nitrogens is 1. The van der Waals surface area contributed by atoms with Crippen molar-refractivity contribution >= 4 is 27.7 Å². The molecule has 0 aliphatic carbocycles. The zero-order valence-electron chi connectivity index (χ0n) is 10.1. The zero-order chi connectivity index (χ0) is 13.8. The second-order valence-electron chi connectivity index (χ2n) is 3.63. The standard InChI is InChI=1S/C13H11BrN2O3/c1-18-13(17)9-4-2-3-5-11(9)19-8-6-10(14)12(15)16-7-8/h2-7H,1H3,(H2,15,16). The quantitative estimate of drug-likeness (QED) is 0.879. The van der Waals surface area contributed by atoms with E-state index in [0.29, 0.717) is 27.4 Å². The molecule has 0 bridgehead atoms. The topological polar surface area (TPSA) is 74.4 Å². The molecule has 0 aliphatic rings. The molecule has 0 aliphatic heterocycles. The van der Waals surface area contributed by atoms with E-state index in [9.17, 15) is 4.79 Å². The number of carbonyl (C=O) groups excluding carboxylic acids is 1.